The second-order valence-electron chi connectivity index (χ2n) is 3.54. The summed E-state index contributed by atoms with van der Waals surface area (Å²) >= 11 is 0. The number of hydrogen-bond acceptors (Lipinski definition) is 6. The molecule has 0 amide bonds. The molecule has 0 aromatic carbocycles. The first-order valence-corrected chi connectivity index (χ1v) is 6.44. The Balaban J connectivity index is 4.54. The quantitative estimate of drug-likeness (QED) is 0.587. The van der Waals surface area contributed by atoms with Crippen LogP contribution in [0.15, 0.2) is 0 Å². The molecule has 7 nitrogen and oxygen atoms in total. The first kappa shape index (κ1) is 15.9. The first-order valence-electron chi connectivity index (χ1n) is 4.83. The zero-order chi connectivity index (χ0) is 13.6. The predicted molar refractivity (Wildman–Crippen MR) is 59.6 cm³/mol. The third-order valence-corrected chi connectivity index (χ3v) is 3.84. The van der Waals surface area contributed by atoms with Gasteiger partial charge in [0.05, 0.1) is 20.1 Å². The highest BCUT2D eigenvalue weighted by Crippen LogP contribution is 2.06. The third kappa shape index (κ3) is 5.14. The van der Waals surface area contributed by atoms with Gasteiger partial charge in [-0.1, -0.05) is 6.92 Å². The molecular formula is C9H17NO6S. The van der Waals surface area contributed by atoms with E-state index in [-0.39, 0.29) is 6.54 Å². The molecule has 0 aliphatic carbocycles. The van der Waals surface area contributed by atoms with Gasteiger partial charge in [0, 0.05) is 13.6 Å². The summed E-state index contributed by atoms with van der Waals surface area (Å²) in [5, 5.41) is 0. The molecule has 0 aliphatic rings. The van der Waals surface area contributed by atoms with E-state index in [9.17, 15) is 18.0 Å². The highest BCUT2D eigenvalue weighted by molar-refractivity contribution is 7.89. The molecule has 0 bridgehead atoms. The Kier molecular flexibility index (Phi) is 6.11. The Morgan fingerprint density at radius 3 is 2.18 bits per heavy atom. The average molecular weight is 267 g/mol. The van der Waals surface area contributed by atoms with Crippen LogP contribution in [0.25, 0.3) is 0 Å². The standard InChI is InChI=1S/C9H17NO6S/c1-7(9(12)16-4)5-10(2)17(13,14)6-8(11)15-3/h7H,5-6H2,1-4H3. The number of esters is 2. The summed E-state index contributed by atoms with van der Waals surface area (Å²) in [6, 6.07) is 0. The zero-order valence-corrected chi connectivity index (χ0v) is 11.1. The average Bonchev–Trinajstić information content (AvgIpc) is 2.26. The van der Waals surface area contributed by atoms with Gasteiger partial charge in [0.2, 0.25) is 10.0 Å². The number of carbonyl (C=O) groups excluding carboxylic acids is 2. The summed E-state index contributed by atoms with van der Waals surface area (Å²) in [6.07, 6.45) is 0. The second-order valence-corrected chi connectivity index (χ2v) is 5.61. The molecule has 8 heteroatoms. The van der Waals surface area contributed by atoms with Crippen molar-refractivity contribution in [1.29, 1.82) is 0 Å². The van der Waals surface area contributed by atoms with Crippen molar-refractivity contribution in [1.82, 2.24) is 4.31 Å². The van der Waals surface area contributed by atoms with E-state index in [0.29, 0.717) is 0 Å². The maximum Gasteiger partial charge on any atom is 0.322 e. The molecular weight excluding hydrogens is 250 g/mol. The summed E-state index contributed by atoms with van der Waals surface area (Å²) in [7, 11) is -0.138. The van der Waals surface area contributed by atoms with Crippen LogP contribution in [-0.2, 0) is 29.1 Å². The van der Waals surface area contributed by atoms with E-state index in [0.717, 1.165) is 11.4 Å². The summed E-state index contributed by atoms with van der Waals surface area (Å²) in [6.45, 7) is 1.49. The van der Waals surface area contributed by atoms with Gasteiger partial charge in [-0.25, -0.2) is 12.7 Å². The number of ether oxygens (including phenoxy) is 2. The van der Waals surface area contributed by atoms with Gasteiger partial charge in [-0.3, -0.25) is 9.59 Å². The number of carbonyl (C=O) groups is 2. The van der Waals surface area contributed by atoms with Crippen LogP contribution >= 0.6 is 0 Å². The van der Waals surface area contributed by atoms with Gasteiger partial charge in [0.1, 0.15) is 0 Å². The van der Waals surface area contributed by atoms with Gasteiger partial charge in [0.15, 0.2) is 5.75 Å². The minimum atomic E-state index is -3.76. The minimum Gasteiger partial charge on any atom is -0.469 e. The lowest BCUT2D eigenvalue weighted by molar-refractivity contribution is -0.145. The van der Waals surface area contributed by atoms with E-state index < -0.39 is 33.6 Å². The van der Waals surface area contributed by atoms with E-state index >= 15 is 0 Å². The second kappa shape index (κ2) is 6.55. The lowest BCUT2D eigenvalue weighted by Gasteiger charge is -2.19. The van der Waals surface area contributed by atoms with E-state index in [4.69, 9.17) is 0 Å². The van der Waals surface area contributed by atoms with Crippen molar-refractivity contribution in [3.63, 3.8) is 0 Å². The minimum absolute atomic E-state index is 0.0496. The highest BCUT2D eigenvalue weighted by Gasteiger charge is 2.26. The number of hydrogen-bond donors (Lipinski definition) is 0. The molecule has 1 atom stereocenters. The van der Waals surface area contributed by atoms with Crippen molar-refractivity contribution in [3.05, 3.63) is 0 Å². The fourth-order valence-corrected chi connectivity index (χ4v) is 2.18. The number of nitrogens with zero attached hydrogens (tertiary/aromatic N) is 1. The fourth-order valence-electron chi connectivity index (χ4n) is 1.09. The monoisotopic (exact) mass is 267 g/mol. The van der Waals surface area contributed by atoms with E-state index in [1.165, 1.54) is 21.1 Å². The number of rotatable bonds is 6. The maximum atomic E-state index is 11.6. The molecule has 0 rings (SSSR count). The molecule has 0 radical (unpaired) electrons. The topological polar surface area (TPSA) is 90.0 Å². The molecule has 0 aromatic rings. The lowest BCUT2D eigenvalue weighted by Crippen LogP contribution is -2.37. The van der Waals surface area contributed by atoms with E-state index in [2.05, 4.69) is 9.47 Å². The molecule has 0 spiro atoms. The molecule has 17 heavy (non-hydrogen) atoms. The van der Waals surface area contributed by atoms with Crippen molar-refractivity contribution in [3.8, 4) is 0 Å². The molecule has 0 saturated carbocycles. The Labute approximate surface area is 101 Å². The maximum absolute atomic E-state index is 11.6. The van der Waals surface area contributed by atoms with Crippen molar-refractivity contribution in [2.75, 3.05) is 33.6 Å². The van der Waals surface area contributed by atoms with Crippen LogP contribution < -0.4 is 0 Å². The molecule has 0 saturated heterocycles. The molecule has 1 unspecified atom stereocenters. The van der Waals surface area contributed by atoms with Crippen LogP contribution in [0, 0.1) is 5.92 Å². The highest BCUT2D eigenvalue weighted by atomic mass is 32.2. The van der Waals surface area contributed by atoms with Gasteiger partial charge in [-0.05, 0) is 0 Å². The summed E-state index contributed by atoms with van der Waals surface area (Å²) in [5.74, 6) is -2.70. The Bertz CT molecular complexity index is 377. The van der Waals surface area contributed by atoms with Gasteiger partial charge in [-0.2, -0.15) is 0 Å². The zero-order valence-electron chi connectivity index (χ0n) is 10.3. The van der Waals surface area contributed by atoms with Gasteiger partial charge >= 0.3 is 11.9 Å². The van der Waals surface area contributed by atoms with Crippen LogP contribution in [0.1, 0.15) is 6.92 Å². The van der Waals surface area contributed by atoms with Gasteiger partial charge in [-0.15, -0.1) is 0 Å². The van der Waals surface area contributed by atoms with Crippen molar-refractivity contribution >= 4 is 22.0 Å². The predicted octanol–water partition coefficient (Wildman–Crippen LogP) is -0.770. The van der Waals surface area contributed by atoms with Crippen molar-refractivity contribution < 1.29 is 27.5 Å². The summed E-state index contributed by atoms with van der Waals surface area (Å²) in [5.41, 5.74) is 0. The van der Waals surface area contributed by atoms with Crippen LogP contribution in [0.4, 0.5) is 0 Å². The summed E-state index contributed by atoms with van der Waals surface area (Å²) in [4.78, 5) is 22.0. The number of methoxy groups -OCH3 is 2. The first-order chi connectivity index (χ1) is 7.74. The third-order valence-electron chi connectivity index (χ3n) is 2.14. The largest absolute Gasteiger partial charge is 0.469 e. The normalized spacial score (nSPS) is 13.2. The van der Waals surface area contributed by atoms with Crippen LogP contribution in [-0.4, -0.2) is 58.2 Å². The Hall–Kier alpha value is -1.15. The smallest absolute Gasteiger partial charge is 0.322 e. The SMILES string of the molecule is COC(=O)CS(=O)(=O)N(C)CC(C)C(=O)OC. The van der Waals surface area contributed by atoms with Gasteiger partial charge in [0.25, 0.3) is 0 Å². The van der Waals surface area contributed by atoms with Crippen LogP contribution in [0.3, 0.4) is 0 Å². The fraction of sp³-hybridized carbons (Fsp3) is 0.778. The van der Waals surface area contributed by atoms with Crippen LogP contribution in [0.2, 0.25) is 0 Å². The van der Waals surface area contributed by atoms with Crippen molar-refractivity contribution in [2.24, 2.45) is 5.92 Å². The lowest BCUT2D eigenvalue weighted by atomic mass is 10.2. The van der Waals surface area contributed by atoms with Crippen LogP contribution in [0.5, 0.6) is 0 Å². The molecule has 0 heterocycles. The Morgan fingerprint density at radius 2 is 1.76 bits per heavy atom. The molecule has 0 aromatic heterocycles. The molecule has 0 fully saturated rings. The van der Waals surface area contributed by atoms with E-state index in [1.807, 2.05) is 0 Å². The Morgan fingerprint density at radius 1 is 1.24 bits per heavy atom. The van der Waals surface area contributed by atoms with Gasteiger partial charge < -0.3 is 9.47 Å². The summed E-state index contributed by atoms with van der Waals surface area (Å²) < 4.78 is 32.9. The molecule has 0 N–H and O–H groups in total. The van der Waals surface area contributed by atoms with E-state index in [1.54, 1.807) is 0 Å². The number of sulfonamides is 1. The van der Waals surface area contributed by atoms with Crippen molar-refractivity contribution in [2.45, 2.75) is 6.92 Å². The molecule has 100 valence electrons. The molecule has 0 aliphatic heterocycles.